The van der Waals surface area contributed by atoms with Gasteiger partial charge in [-0.2, -0.15) is 18.3 Å². The summed E-state index contributed by atoms with van der Waals surface area (Å²) in [5.41, 5.74) is -1.77. The molecule has 8 heteroatoms. The van der Waals surface area contributed by atoms with Gasteiger partial charge in [-0.3, -0.25) is 0 Å². The van der Waals surface area contributed by atoms with Gasteiger partial charge in [-0.1, -0.05) is 30.3 Å². The number of fused-ring (bicyclic) bond motifs is 1. The van der Waals surface area contributed by atoms with Crippen LogP contribution in [0.2, 0.25) is 0 Å². The molecule has 3 aromatic rings. The predicted molar refractivity (Wildman–Crippen MR) is 97.5 cm³/mol. The van der Waals surface area contributed by atoms with Crippen molar-refractivity contribution in [3.63, 3.8) is 0 Å². The van der Waals surface area contributed by atoms with Crippen molar-refractivity contribution in [3.8, 4) is 0 Å². The smallest absolute Gasteiger partial charge is 0.362 e. The van der Waals surface area contributed by atoms with E-state index >= 15 is 0 Å². The van der Waals surface area contributed by atoms with Gasteiger partial charge >= 0.3 is 6.18 Å². The van der Waals surface area contributed by atoms with Crippen molar-refractivity contribution >= 4 is 22.4 Å². The molecule has 1 aliphatic rings. The molecule has 0 saturated heterocycles. The molecule has 0 saturated carbocycles. The molecular formula is C20H15F4N3O. The van der Waals surface area contributed by atoms with Gasteiger partial charge < -0.3 is 5.11 Å². The number of halogens is 4. The van der Waals surface area contributed by atoms with Crippen molar-refractivity contribution in [2.75, 3.05) is 5.01 Å². The number of para-hydroxylation sites is 1. The van der Waals surface area contributed by atoms with Gasteiger partial charge in [0, 0.05) is 5.39 Å². The lowest BCUT2D eigenvalue weighted by Gasteiger charge is -2.33. The van der Waals surface area contributed by atoms with Crippen LogP contribution in [0.3, 0.4) is 0 Å². The van der Waals surface area contributed by atoms with Crippen LogP contribution in [-0.2, 0) is 0 Å². The quantitative estimate of drug-likeness (QED) is 0.655. The second kappa shape index (κ2) is 6.27. The third-order valence-corrected chi connectivity index (χ3v) is 4.74. The molecule has 4 nitrogen and oxygen atoms in total. The molecule has 0 fully saturated rings. The highest BCUT2D eigenvalue weighted by molar-refractivity contribution is 6.03. The molecule has 0 bridgehead atoms. The van der Waals surface area contributed by atoms with Crippen LogP contribution >= 0.6 is 0 Å². The number of aryl methyl sites for hydroxylation is 1. The highest BCUT2D eigenvalue weighted by Gasteiger charge is 2.62. The Hall–Kier alpha value is -3.00. The molecule has 0 amide bonds. The minimum atomic E-state index is -4.99. The summed E-state index contributed by atoms with van der Waals surface area (Å²) in [5.74, 6) is -0.634. The van der Waals surface area contributed by atoms with Crippen LogP contribution < -0.4 is 5.01 Å². The third kappa shape index (κ3) is 2.90. The van der Waals surface area contributed by atoms with E-state index in [9.17, 15) is 22.7 Å². The monoisotopic (exact) mass is 389 g/mol. The number of pyridine rings is 1. The Kier molecular flexibility index (Phi) is 4.11. The Balaban J connectivity index is 1.87. The summed E-state index contributed by atoms with van der Waals surface area (Å²) in [4.78, 5) is 4.27. The van der Waals surface area contributed by atoms with Crippen molar-refractivity contribution in [1.29, 1.82) is 0 Å². The fourth-order valence-corrected chi connectivity index (χ4v) is 3.25. The number of nitrogens with zero attached hydrogens (tertiary/aromatic N) is 3. The summed E-state index contributed by atoms with van der Waals surface area (Å²) < 4.78 is 54.5. The van der Waals surface area contributed by atoms with E-state index in [0.717, 1.165) is 17.5 Å². The lowest BCUT2D eigenvalue weighted by atomic mass is 10.0. The van der Waals surface area contributed by atoms with Crippen molar-refractivity contribution in [2.24, 2.45) is 5.10 Å². The van der Waals surface area contributed by atoms with E-state index < -0.39 is 24.1 Å². The number of alkyl halides is 3. The van der Waals surface area contributed by atoms with E-state index in [1.54, 1.807) is 19.1 Å². The van der Waals surface area contributed by atoms with Gasteiger partial charge in [-0.25, -0.2) is 14.4 Å². The number of aromatic nitrogens is 1. The number of benzene rings is 2. The SMILES string of the molecule is Cc1cc(N2N=C(c3ccc(F)cc3)CC2(O)C(F)(F)F)nc2ccccc12. The molecule has 1 aliphatic heterocycles. The maximum atomic E-state index is 13.8. The Morgan fingerprint density at radius 3 is 2.43 bits per heavy atom. The number of rotatable bonds is 2. The summed E-state index contributed by atoms with van der Waals surface area (Å²) in [5, 5.41) is 15.9. The summed E-state index contributed by atoms with van der Waals surface area (Å²) in [7, 11) is 0. The average Bonchev–Trinajstić information content (AvgIpc) is 3.01. The van der Waals surface area contributed by atoms with Crippen LogP contribution in [0, 0.1) is 12.7 Å². The first-order valence-electron chi connectivity index (χ1n) is 8.48. The lowest BCUT2D eigenvalue weighted by molar-refractivity contribution is -0.254. The summed E-state index contributed by atoms with van der Waals surface area (Å²) >= 11 is 0. The number of anilines is 1. The van der Waals surface area contributed by atoms with Crippen LogP contribution in [0.5, 0.6) is 0 Å². The van der Waals surface area contributed by atoms with E-state index in [0.29, 0.717) is 21.7 Å². The third-order valence-electron chi connectivity index (χ3n) is 4.74. The summed E-state index contributed by atoms with van der Waals surface area (Å²) in [6.07, 6.45) is -5.78. The lowest BCUT2D eigenvalue weighted by Crippen LogP contribution is -2.55. The molecule has 0 spiro atoms. The van der Waals surface area contributed by atoms with E-state index in [-0.39, 0.29) is 11.5 Å². The van der Waals surface area contributed by atoms with Crippen molar-refractivity contribution in [1.82, 2.24) is 4.98 Å². The van der Waals surface area contributed by atoms with Crippen LogP contribution in [-0.4, -0.2) is 27.7 Å². The molecule has 1 N–H and O–H groups in total. The van der Waals surface area contributed by atoms with Gasteiger partial charge in [0.1, 0.15) is 5.82 Å². The fraction of sp³-hybridized carbons (Fsp3) is 0.200. The number of hydrazone groups is 1. The van der Waals surface area contributed by atoms with Gasteiger partial charge in [-0.05, 0) is 42.3 Å². The van der Waals surface area contributed by atoms with Crippen LogP contribution in [0.4, 0.5) is 23.4 Å². The molecule has 144 valence electrons. The molecule has 0 radical (unpaired) electrons. The highest BCUT2D eigenvalue weighted by atomic mass is 19.4. The predicted octanol–water partition coefficient (Wildman–Crippen LogP) is 4.55. The Morgan fingerprint density at radius 2 is 1.75 bits per heavy atom. The summed E-state index contributed by atoms with van der Waals surface area (Å²) in [6.45, 7) is 1.75. The largest absolute Gasteiger partial charge is 0.438 e. The van der Waals surface area contributed by atoms with Gasteiger partial charge in [0.25, 0.3) is 5.72 Å². The zero-order valence-corrected chi connectivity index (χ0v) is 14.7. The zero-order chi connectivity index (χ0) is 20.1. The average molecular weight is 389 g/mol. The van der Waals surface area contributed by atoms with Crippen molar-refractivity contribution in [2.45, 2.75) is 25.2 Å². The minimum Gasteiger partial charge on any atom is -0.362 e. The van der Waals surface area contributed by atoms with Gasteiger partial charge in [0.15, 0.2) is 5.82 Å². The zero-order valence-electron chi connectivity index (χ0n) is 14.7. The second-order valence-corrected chi connectivity index (χ2v) is 6.67. The molecule has 28 heavy (non-hydrogen) atoms. The fourth-order valence-electron chi connectivity index (χ4n) is 3.25. The van der Waals surface area contributed by atoms with Crippen LogP contribution in [0.1, 0.15) is 17.5 Å². The minimum absolute atomic E-state index is 0.00700. The first kappa shape index (κ1) is 18.4. The molecule has 4 rings (SSSR count). The van der Waals surface area contributed by atoms with Gasteiger partial charge in [0.05, 0.1) is 17.6 Å². The van der Waals surface area contributed by atoms with Crippen LogP contribution in [0.15, 0.2) is 59.7 Å². The van der Waals surface area contributed by atoms with E-state index in [1.165, 1.54) is 18.2 Å². The first-order valence-corrected chi connectivity index (χ1v) is 8.48. The molecule has 2 aromatic carbocycles. The van der Waals surface area contributed by atoms with E-state index in [1.807, 2.05) is 12.1 Å². The molecule has 1 aromatic heterocycles. The Bertz CT molecular complexity index is 1080. The second-order valence-electron chi connectivity index (χ2n) is 6.67. The first-order chi connectivity index (χ1) is 13.2. The van der Waals surface area contributed by atoms with Gasteiger partial charge in [0.2, 0.25) is 0 Å². The maximum absolute atomic E-state index is 13.8. The number of aliphatic hydroxyl groups is 1. The van der Waals surface area contributed by atoms with E-state index in [4.69, 9.17) is 0 Å². The van der Waals surface area contributed by atoms with Crippen LogP contribution in [0.25, 0.3) is 10.9 Å². The highest BCUT2D eigenvalue weighted by Crippen LogP contribution is 2.43. The van der Waals surface area contributed by atoms with E-state index in [2.05, 4.69) is 10.1 Å². The summed E-state index contributed by atoms with van der Waals surface area (Å²) in [6, 6.07) is 13.4. The van der Waals surface area contributed by atoms with Crippen molar-refractivity contribution in [3.05, 3.63) is 71.5 Å². The maximum Gasteiger partial charge on any atom is 0.438 e. The molecular weight excluding hydrogens is 374 g/mol. The molecule has 1 unspecified atom stereocenters. The standard InChI is InChI=1S/C20H15F4N3O/c1-12-10-18(25-16-5-3-2-4-15(12)16)27-19(28,20(22,23)24)11-17(26-27)13-6-8-14(21)9-7-13/h2-10,28H,11H2,1H3. The molecule has 1 atom stereocenters. The number of hydrogen-bond donors (Lipinski definition) is 1. The topological polar surface area (TPSA) is 48.7 Å². The molecule has 2 heterocycles. The Morgan fingerprint density at radius 1 is 1.07 bits per heavy atom. The molecule has 0 aliphatic carbocycles. The van der Waals surface area contributed by atoms with Gasteiger partial charge in [-0.15, -0.1) is 0 Å². The Labute approximate surface area is 157 Å². The van der Waals surface area contributed by atoms with Crippen molar-refractivity contribution < 1.29 is 22.7 Å². The normalized spacial score (nSPS) is 19.9. The number of hydrogen-bond acceptors (Lipinski definition) is 4.